The molecule has 0 amide bonds. The van der Waals surface area contributed by atoms with Gasteiger partial charge in [-0.3, -0.25) is 0 Å². The average Bonchev–Trinajstić information content (AvgIpc) is 2.87. The SMILES string of the molecule is CCN(c1ccccc1C(F)(F)F)C1CCCC1CN. The Labute approximate surface area is 117 Å². The first-order valence-electron chi connectivity index (χ1n) is 7.12. The number of alkyl halides is 3. The van der Waals surface area contributed by atoms with E-state index in [1.807, 2.05) is 11.8 Å². The molecule has 0 heterocycles. The molecule has 1 aromatic rings. The minimum Gasteiger partial charge on any atom is -0.368 e. The highest BCUT2D eigenvalue weighted by molar-refractivity contribution is 5.56. The lowest BCUT2D eigenvalue weighted by Crippen LogP contribution is -2.41. The van der Waals surface area contributed by atoms with Gasteiger partial charge in [0.2, 0.25) is 0 Å². The number of anilines is 1. The van der Waals surface area contributed by atoms with Crippen LogP contribution < -0.4 is 10.6 Å². The molecule has 2 atom stereocenters. The lowest BCUT2D eigenvalue weighted by Gasteiger charge is -2.35. The van der Waals surface area contributed by atoms with Crippen LogP contribution in [0.4, 0.5) is 18.9 Å². The highest BCUT2D eigenvalue weighted by atomic mass is 19.4. The largest absolute Gasteiger partial charge is 0.418 e. The van der Waals surface area contributed by atoms with Crippen molar-refractivity contribution in [3.05, 3.63) is 29.8 Å². The van der Waals surface area contributed by atoms with Crippen molar-refractivity contribution in [2.75, 3.05) is 18.0 Å². The highest BCUT2D eigenvalue weighted by Crippen LogP contribution is 2.40. The van der Waals surface area contributed by atoms with Crippen LogP contribution in [0.1, 0.15) is 31.7 Å². The van der Waals surface area contributed by atoms with Crippen molar-refractivity contribution < 1.29 is 13.2 Å². The molecule has 0 aliphatic heterocycles. The first kappa shape index (κ1) is 15.2. The Balaban J connectivity index is 2.37. The third-order valence-corrected chi connectivity index (χ3v) is 4.18. The summed E-state index contributed by atoms with van der Waals surface area (Å²) in [4.78, 5) is 1.88. The van der Waals surface area contributed by atoms with Crippen molar-refractivity contribution in [3.8, 4) is 0 Å². The second-order valence-corrected chi connectivity index (χ2v) is 5.29. The van der Waals surface area contributed by atoms with E-state index in [4.69, 9.17) is 5.73 Å². The maximum atomic E-state index is 13.2. The maximum absolute atomic E-state index is 13.2. The van der Waals surface area contributed by atoms with Gasteiger partial charge >= 0.3 is 6.18 Å². The third kappa shape index (κ3) is 2.92. The topological polar surface area (TPSA) is 29.3 Å². The smallest absolute Gasteiger partial charge is 0.368 e. The van der Waals surface area contributed by atoms with Crippen LogP contribution in [0.15, 0.2) is 24.3 Å². The number of nitrogens with zero attached hydrogens (tertiary/aromatic N) is 1. The summed E-state index contributed by atoms with van der Waals surface area (Å²) in [5.41, 5.74) is 5.50. The van der Waals surface area contributed by atoms with Gasteiger partial charge in [0.25, 0.3) is 0 Å². The molecule has 1 aliphatic rings. The van der Waals surface area contributed by atoms with Gasteiger partial charge in [-0.05, 0) is 44.4 Å². The molecule has 0 aromatic heterocycles. The molecule has 1 aromatic carbocycles. The zero-order valence-corrected chi connectivity index (χ0v) is 11.7. The van der Waals surface area contributed by atoms with Crippen LogP contribution in [0.25, 0.3) is 0 Å². The molecule has 20 heavy (non-hydrogen) atoms. The molecule has 112 valence electrons. The number of nitrogens with two attached hydrogens (primary N) is 1. The monoisotopic (exact) mass is 286 g/mol. The van der Waals surface area contributed by atoms with Gasteiger partial charge < -0.3 is 10.6 Å². The molecular formula is C15H21F3N2. The van der Waals surface area contributed by atoms with E-state index in [1.54, 1.807) is 12.1 Å². The molecule has 1 saturated carbocycles. The molecule has 0 bridgehead atoms. The van der Waals surface area contributed by atoms with Crippen molar-refractivity contribution in [1.29, 1.82) is 0 Å². The molecule has 1 fully saturated rings. The zero-order valence-electron chi connectivity index (χ0n) is 11.7. The Hall–Kier alpha value is -1.23. The number of hydrogen-bond donors (Lipinski definition) is 1. The zero-order chi connectivity index (χ0) is 14.8. The molecule has 1 aliphatic carbocycles. The lowest BCUT2D eigenvalue weighted by molar-refractivity contribution is -0.137. The van der Waals surface area contributed by atoms with Crippen molar-refractivity contribution in [2.24, 2.45) is 11.7 Å². The molecule has 2 N–H and O–H groups in total. The maximum Gasteiger partial charge on any atom is 0.418 e. The van der Waals surface area contributed by atoms with Gasteiger partial charge in [0.05, 0.1) is 5.56 Å². The van der Waals surface area contributed by atoms with E-state index in [2.05, 4.69) is 0 Å². The predicted octanol–water partition coefficient (Wildman–Crippen LogP) is 3.66. The van der Waals surface area contributed by atoms with Gasteiger partial charge in [-0.1, -0.05) is 18.6 Å². The van der Waals surface area contributed by atoms with Gasteiger partial charge in [0, 0.05) is 18.3 Å². The van der Waals surface area contributed by atoms with Crippen LogP contribution in [-0.2, 0) is 6.18 Å². The van der Waals surface area contributed by atoms with Crippen molar-refractivity contribution in [3.63, 3.8) is 0 Å². The molecule has 5 heteroatoms. The standard InChI is InChI=1S/C15H21F3N2/c1-2-20(13-9-5-6-11(13)10-19)14-8-4-3-7-12(14)15(16,17)18/h3-4,7-8,11,13H,2,5-6,9-10,19H2,1H3. The Morgan fingerprint density at radius 2 is 1.95 bits per heavy atom. The second kappa shape index (κ2) is 6.04. The molecular weight excluding hydrogens is 265 g/mol. The number of benzene rings is 1. The number of hydrogen-bond acceptors (Lipinski definition) is 2. The average molecular weight is 286 g/mol. The molecule has 2 unspecified atom stereocenters. The lowest BCUT2D eigenvalue weighted by atomic mass is 10.0. The minimum absolute atomic E-state index is 0.119. The van der Waals surface area contributed by atoms with Gasteiger partial charge in [0.1, 0.15) is 0 Å². The number of para-hydroxylation sites is 1. The van der Waals surface area contributed by atoms with Crippen molar-refractivity contribution in [1.82, 2.24) is 0 Å². The second-order valence-electron chi connectivity index (χ2n) is 5.29. The Morgan fingerprint density at radius 1 is 1.25 bits per heavy atom. The quantitative estimate of drug-likeness (QED) is 0.915. The normalized spacial score (nSPS) is 23.1. The fourth-order valence-corrected chi connectivity index (χ4v) is 3.25. The highest BCUT2D eigenvalue weighted by Gasteiger charge is 2.37. The minimum atomic E-state index is -4.32. The summed E-state index contributed by atoms with van der Waals surface area (Å²) in [7, 11) is 0. The fourth-order valence-electron chi connectivity index (χ4n) is 3.25. The molecule has 0 saturated heterocycles. The van der Waals surface area contributed by atoms with Gasteiger partial charge in [-0.25, -0.2) is 0 Å². The Bertz CT molecular complexity index is 445. The van der Waals surface area contributed by atoms with E-state index >= 15 is 0 Å². The molecule has 0 spiro atoms. The summed E-state index contributed by atoms with van der Waals surface area (Å²) in [6, 6.07) is 5.95. The van der Waals surface area contributed by atoms with E-state index in [9.17, 15) is 13.2 Å². The van der Waals surface area contributed by atoms with Crippen LogP contribution in [0, 0.1) is 5.92 Å². The van der Waals surface area contributed by atoms with Crippen LogP contribution in [0.2, 0.25) is 0 Å². The van der Waals surface area contributed by atoms with Crippen LogP contribution in [0.3, 0.4) is 0 Å². The summed E-state index contributed by atoms with van der Waals surface area (Å²) < 4.78 is 39.5. The van der Waals surface area contributed by atoms with Gasteiger partial charge in [-0.15, -0.1) is 0 Å². The first-order valence-corrected chi connectivity index (χ1v) is 7.12. The van der Waals surface area contributed by atoms with Crippen molar-refractivity contribution >= 4 is 5.69 Å². The number of rotatable bonds is 4. The number of halogens is 3. The fraction of sp³-hybridized carbons (Fsp3) is 0.600. The van der Waals surface area contributed by atoms with E-state index < -0.39 is 11.7 Å². The Morgan fingerprint density at radius 3 is 2.55 bits per heavy atom. The summed E-state index contributed by atoms with van der Waals surface area (Å²) in [5.74, 6) is 0.288. The van der Waals surface area contributed by atoms with Crippen LogP contribution >= 0.6 is 0 Å². The molecule has 0 radical (unpaired) electrons. The van der Waals surface area contributed by atoms with Crippen molar-refractivity contribution in [2.45, 2.75) is 38.4 Å². The van der Waals surface area contributed by atoms with E-state index in [0.717, 1.165) is 25.3 Å². The molecule has 2 rings (SSSR count). The van der Waals surface area contributed by atoms with Gasteiger partial charge in [-0.2, -0.15) is 13.2 Å². The van der Waals surface area contributed by atoms with Crippen LogP contribution in [-0.4, -0.2) is 19.1 Å². The summed E-state index contributed by atoms with van der Waals surface area (Å²) in [5, 5.41) is 0. The van der Waals surface area contributed by atoms with E-state index in [1.165, 1.54) is 6.07 Å². The summed E-state index contributed by atoms with van der Waals surface area (Å²) >= 11 is 0. The summed E-state index contributed by atoms with van der Waals surface area (Å²) in [6.07, 6.45) is -1.36. The van der Waals surface area contributed by atoms with Gasteiger partial charge in [0.15, 0.2) is 0 Å². The molecule has 2 nitrogen and oxygen atoms in total. The van der Waals surface area contributed by atoms with Crippen LogP contribution in [0.5, 0.6) is 0 Å². The van der Waals surface area contributed by atoms with E-state index in [-0.39, 0.29) is 17.6 Å². The summed E-state index contributed by atoms with van der Waals surface area (Å²) in [6.45, 7) is 3.00. The predicted molar refractivity (Wildman–Crippen MR) is 74.6 cm³/mol. The first-order chi connectivity index (χ1) is 9.49. The van der Waals surface area contributed by atoms with E-state index in [0.29, 0.717) is 13.1 Å². The third-order valence-electron chi connectivity index (χ3n) is 4.18. The Kier molecular flexibility index (Phi) is 4.58.